The van der Waals surface area contributed by atoms with Crippen LogP contribution in [0.15, 0.2) is 51.5 Å². The summed E-state index contributed by atoms with van der Waals surface area (Å²) >= 11 is 9.34. The zero-order chi connectivity index (χ0) is 14.1. The van der Waals surface area contributed by atoms with Gasteiger partial charge in [-0.15, -0.1) is 0 Å². The first kappa shape index (κ1) is 13.1. The van der Waals surface area contributed by atoms with E-state index >= 15 is 0 Å². The summed E-state index contributed by atoms with van der Waals surface area (Å²) in [6.07, 6.45) is 0. The van der Waals surface area contributed by atoms with Crippen LogP contribution in [0.5, 0.6) is 0 Å². The van der Waals surface area contributed by atoms with E-state index < -0.39 is 0 Å². The molecule has 0 amide bonds. The van der Waals surface area contributed by atoms with Crippen molar-refractivity contribution in [2.45, 2.75) is 0 Å². The van der Waals surface area contributed by atoms with E-state index in [1.54, 1.807) is 18.2 Å². The van der Waals surface area contributed by atoms with E-state index in [9.17, 15) is 0 Å². The highest BCUT2D eigenvalue weighted by molar-refractivity contribution is 9.10. The number of rotatable bonds is 2. The van der Waals surface area contributed by atoms with Crippen LogP contribution in [0.3, 0.4) is 0 Å². The summed E-state index contributed by atoms with van der Waals surface area (Å²) in [6, 6.07) is 12.8. The molecule has 0 unspecified atom stereocenters. The molecular weight excluding hydrogens is 342 g/mol. The highest BCUT2D eigenvalue weighted by Gasteiger charge is 2.13. The van der Waals surface area contributed by atoms with Crippen LogP contribution in [0.25, 0.3) is 22.8 Å². The van der Waals surface area contributed by atoms with Gasteiger partial charge in [-0.25, -0.2) is 0 Å². The molecule has 0 aliphatic heterocycles. The molecule has 2 N–H and O–H groups in total. The van der Waals surface area contributed by atoms with E-state index in [2.05, 4.69) is 26.1 Å². The molecule has 0 aliphatic carbocycles. The molecule has 20 heavy (non-hydrogen) atoms. The molecule has 3 aromatic rings. The zero-order valence-electron chi connectivity index (χ0n) is 10.2. The van der Waals surface area contributed by atoms with Gasteiger partial charge in [0.25, 0.3) is 5.89 Å². The van der Waals surface area contributed by atoms with Gasteiger partial charge in [0, 0.05) is 20.7 Å². The number of halogens is 2. The van der Waals surface area contributed by atoms with Crippen LogP contribution < -0.4 is 5.73 Å². The number of nitrogens with two attached hydrogens (primary N) is 1. The molecule has 4 nitrogen and oxygen atoms in total. The van der Waals surface area contributed by atoms with Gasteiger partial charge in [0.1, 0.15) is 0 Å². The topological polar surface area (TPSA) is 64.9 Å². The minimum atomic E-state index is 0.350. The van der Waals surface area contributed by atoms with Crippen LogP contribution in [0, 0.1) is 0 Å². The third-order valence-electron chi connectivity index (χ3n) is 2.77. The van der Waals surface area contributed by atoms with Gasteiger partial charge in [-0.05, 0) is 42.5 Å². The third kappa shape index (κ3) is 2.55. The maximum atomic E-state index is 5.96. The lowest BCUT2D eigenvalue weighted by Crippen LogP contribution is -1.90. The van der Waals surface area contributed by atoms with E-state index in [-0.39, 0.29) is 0 Å². The number of hydrogen-bond acceptors (Lipinski definition) is 4. The molecule has 0 saturated heterocycles. The highest BCUT2D eigenvalue weighted by atomic mass is 79.9. The number of nitrogens with zero attached hydrogens (tertiary/aromatic N) is 2. The van der Waals surface area contributed by atoms with Crippen molar-refractivity contribution in [2.24, 2.45) is 0 Å². The van der Waals surface area contributed by atoms with Crippen molar-refractivity contribution in [3.8, 4) is 22.8 Å². The van der Waals surface area contributed by atoms with E-state index in [1.165, 1.54) is 0 Å². The summed E-state index contributed by atoms with van der Waals surface area (Å²) < 4.78 is 6.25. The monoisotopic (exact) mass is 349 g/mol. The second-order valence-corrected chi connectivity index (χ2v) is 5.51. The molecule has 0 spiro atoms. The number of benzene rings is 2. The summed E-state index contributed by atoms with van der Waals surface area (Å²) in [5, 5.41) is 4.53. The molecular formula is C14H9BrClN3O. The number of nitrogen functional groups attached to an aromatic ring is 1. The van der Waals surface area contributed by atoms with Crippen LogP contribution >= 0.6 is 27.5 Å². The molecule has 0 bridgehead atoms. The van der Waals surface area contributed by atoms with Crippen molar-refractivity contribution < 1.29 is 4.52 Å². The van der Waals surface area contributed by atoms with Crippen LogP contribution in [-0.2, 0) is 0 Å². The van der Waals surface area contributed by atoms with E-state index in [0.29, 0.717) is 28.0 Å². The average Bonchev–Trinajstić information content (AvgIpc) is 2.92. The number of aromatic nitrogens is 2. The maximum Gasteiger partial charge on any atom is 0.260 e. The molecule has 0 saturated carbocycles. The normalized spacial score (nSPS) is 10.7. The largest absolute Gasteiger partial charge is 0.398 e. The van der Waals surface area contributed by atoms with Gasteiger partial charge in [0.2, 0.25) is 5.82 Å². The maximum absolute atomic E-state index is 5.96. The Morgan fingerprint density at radius 3 is 2.60 bits per heavy atom. The molecule has 100 valence electrons. The predicted molar refractivity (Wildman–Crippen MR) is 82.3 cm³/mol. The summed E-state index contributed by atoms with van der Waals surface area (Å²) in [4.78, 5) is 4.35. The third-order valence-corrected chi connectivity index (χ3v) is 3.54. The Morgan fingerprint density at radius 1 is 1.10 bits per heavy atom. The first-order valence-corrected chi connectivity index (χ1v) is 6.95. The summed E-state index contributed by atoms with van der Waals surface area (Å²) in [5.74, 6) is 0.856. The zero-order valence-corrected chi connectivity index (χ0v) is 12.5. The highest BCUT2D eigenvalue weighted by Crippen LogP contribution is 2.29. The van der Waals surface area contributed by atoms with Gasteiger partial charge >= 0.3 is 0 Å². The summed E-state index contributed by atoms with van der Waals surface area (Å²) in [6.45, 7) is 0. The minimum Gasteiger partial charge on any atom is -0.398 e. The van der Waals surface area contributed by atoms with Crippen molar-refractivity contribution in [1.82, 2.24) is 10.1 Å². The van der Waals surface area contributed by atoms with Crippen LogP contribution in [0.1, 0.15) is 0 Å². The molecule has 0 atom stereocenters. The lowest BCUT2D eigenvalue weighted by Gasteiger charge is -2.00. The van der Waals surface area contributed by atoms with Gasteiger partial charge in [0.05, 0.1) is 5.56 Å². The lowest BCUT2D eigenvalue weighted by atomic mass is 10.2. The molecule has 3 rings (SSSR count). The van der Waals surface area contributed by atoms with Crippen molar-refractivity contribution in [3.63, 3.8) is 0 Å². The van der Waals surface area contributed by atoms with Crippen LogP contribution in [0.4, 0.5) is 5.69 Å². The average molecular weight is 351 g/mol. The summed E-state index contributed by atoms with van der Waals surface area (Å²) in [7, 11) is 0. The van der Waals surface area contributed by atoms with Crippen molar-refractivity contribution in [1.29, 1.82) is 0 Å². The molecule has 2 aromatic carbocycles. The van der Waals surface area contributed by atoms with Crippen LogP contribution in [-0.4, -0.2) is 10.1 Å². The standard InChI is InChI=1S/C14H9BrClN3O/c15-9-3-1-8(2-4-9)13-18-14(20-19-13)11-7-10(16)5-6-12(11)17/h1-7H,17H2. The Morgan fingerprint density at radius 2 is 1.85 bits per heavy atom. The second kappa shape index (κ2) is 5.26. The summed E-state index contributed by atoms with van der Waals surface area (Å²) in [5.41, 5.74) is 7.94. The Hall–Kier alpha value is -1.85. The quantitative estimate of drug-likeness (QED) is 0.696. The predicted octanol–water partition coefficient (Wildman–Crippen LogP) is 4.40. The SMILES string of the molecule is Nc1ccc(Cl)cc1-c1nc(-c2ccc(Br)cc2)no1. The Bertz CT molecular complexity index is 755. The molecule has 1 heterocycles. The second-order valence-electron chi connectivity index (χ2n) is 4.16. The van der Waals surface area contributed by atoms with Gasteiger partial charge in [-0.2, -0.15) is 4.98 Å². The Kier molecular flexibility index (Phi) is 3.46. The first-order valence-electron chi connectivity index (χ1n) is 5.78. The molecule has 0 radical (unpaired) electrons. The van der Waals surface area contributed by atoms with Crippen molar-refractivity contribution >= 4 is 33.2 Å². The number of anilines is 1. The van der Waals surface area contributed by atoms with Gasteiger partial charge < -0.3 is 10.3 Å². The molecule has 0 aliphatic rings. The van der Waals surface area contributed by atoms with Gasteiger partial charge in [0.15, 0.2) is 0 Å². The van der Waals surface area contributed by atoms with Gasteiger partial charge in [-0.3, -0.25) is 0 Å². The van der Waals surface area contributed by atoms with Crippen molar-refractivity contribution in [2.75, 3.05) is 5.73 Å². The fraction of sp³-hybridized carbons (Fsp3) is 0. The smallest absolute Gasteiger partial charge is 0.260 e. The first-order chi connectivity index (χ1) is 9.63. The lowest BCUT2D eigenvalue weighted by molar-refractivity contribution is 0.432. The Labute approximate surface area is 128 Å². The molecule has 1 aromatic heterocycles. The van der Waals surface area contributed by atoms with E-state index in [0.717, 1.165) is 10.0 Å². The van der Waals surface area contributed by atoms with Gasteiger partial charge in [-0.1, -0.05) is 32.7 Å². The molecule has 0 fully saturated rings. The van der Waals surface area contributed by atoms with E-state index in [1.807, 2.05) is 24.3 Å². The van der Waals surface area contributed by atoms with Crippen LogP contribution in [0.2, 0.25) is 5.02 Å². The molecule has 6 heteroatoms. The fourth-order valence-corrected chi connectivity index (χ4v) is 2.20. The Balaban J connectivity index is 2.01. The number of hydrogen-bond donors (Lipinski definition) is 1. The fourth-order valence-electron chi connectivity index (χ4n) is 1.76. The van der Waals surface area contributed by atoms with Crippen molar-refractivity contribution in [3.05, 3.63) is 52.0 Å². The minimum absolute atomic E-state index is 0.350. The van der Waals surface area contributed by atoms with E-state index in [4.69, 9.17) is 21.9 Å².